The topological polar surface area (TPSA) is 81.9 Å². The maximum absolute atomic E-state index is 15.0. The second-order valence-electron chi connectivity index (χ2n) is 9.24. The number of halogens is 2. The van der Waals surface area contributed by atoms with E-state index in [1.165, 1.54) is 16.9 Å². The van der Waals surface area contributed by atoms with E-state index >= 15 is 0 Å². The third kappa shape index (κ3) is 5.73. The van der Waals surface area contributed by atoms with Crippen LogP contribution in [-0.4, -0.2) is 49.4 Å². The molecule has 0 saturated carbocycles. The lowest BCUT2D eigenvalue weighted by Crippen LogP contribution is -2.44. The van der Waals surface area contributed by atoms with Gasteiger partial charge in [-0.05, 0) is 65.3 Å². The second-order valence-corrected chi connectivity index (χ2v) is 9.24. The van der Waals surface area contributed by atoms with Gasteiger partial charge < -0.3 is 9.64 Å². The highest BCUT2D eigenvalue weighted by atomic mass is 19.1. The van der Waals surface area contributed by atoms with E-state index < -0.39 is 11.6 Å². The van der Waals surface area contributed by atoms with E-state index in [1.54, 1.807) is 7.05 Å². The summed E-state index contributed by atoms with van der Waals surface area (Å²) >= 11 is 0. The van der Waals surface area contributed by atoms with Crippen molar-refractivity contribution >= 4 is 5.95 Å². The summed E-state index contributed by atoms with van der Waals surface area (Å²) in [6.07, 6.45) is 7.92. The highest BCUT2D eigenvalue weighted by Gasteiger charge is 2.26. The largest absolute Gasteiger partial charge is 0.485 e. The molecule has 0 spiro atoms. The predicted molar refractivity (Wildman–Crippen MR) is 135 cm³/mol. The van der Waals surface area contributed by atoms with Gasteiger partial charge in [-0.1, -0.05) is 31.2 Å². The molecule has 1 fully saturated rings. The number of tetrazole rings is 1. The fraction of sp³-hybridized carbons (Fsp3) is 0.370. The SMILES string of the molecule is CCc1cnc(N2CCCCC2COc2c(F)cc(-c3ccc(Cc4nnn(C)n4)cc3)cc2F)nc1. The minimum atomic E-state index is -0.728. The zero-order valence-corrected chi connectivity index (χ0v) is 20.9. The van der Waals surface area contributed by atoms with Crippen LogP contribution in [0.15, 0.2) is 48.8 Å². The molecule has 10 heteroatoms. The van der Waals surface area contributed by atoms with E-state index in [9.17, 15) is 8.78 Å². The summed E-state index contributed by atoms with van der Waals surface area (Å²) in [5.41, 5.74) is 3.18. The molecule has 0 amide bonds. The Kier molecular flexibility index (Phi) is 7.34. The van der Waals surface area contributed by atoms with Crippen LogP contribution < -0.4 is 9.64 Å². The Morgan fingerprint density at radius 3 is 2.35 bits per heavy atom. The molecule has 2 aromatic heterocycles. The molecule has 1 atom stereocenters. The van der Waals surface area contributed by atoms with Crippen LogP contribution in [-0.2, 0) is 19.9 Å². The molecule has 0 radical (unpaired) electrons. The van der Waals surface area contributed by atoms with Gasteiger partial charge in [-0.15, -0.1) is 10.2 Å². The normalized spacial score (nSPS) is 15.7. The predicted octanol–water partition coefficient (Wildman–Crippen LogP) is 4.54. The number of ether oxygens (including phenoxy) is 1. The number of nitrogens with zero attached hydrogens (tertiary/aromatic N) is 7. The fourth-order valence-corrected chi connectivity index (χ4v) is 4.55. The smallest absolute Gasteiger partial charge is 0.225 e. The Hall–Kier alpha value is -3.95. The van der Waals surface area contributed by atoms with Crippen molar-refractivity contribution < 1.29 is 13.5 Å². The number of rotatable bonds is 8. The van der Waals surface area contributed by atoms with Crippen molar-refractivity contribution in [2.75, 3.05) is 18.1 Å². The van der Waals surface area contributed by atoms with Crippen LogP contribution in [0.4, 0.5) is 14.7 Å². The summed E-state index contributed by atoms with van der Waals surface area (Å²) in [5.74, 6) is -0.584. The lowest BCUT2D eigenvalue weighted by atomic mass is 10.0. The van der Waals surface area contributed by atoms with Crippen LogP contribution in [0.25, 0.3) is 11.1 Å². The third-order valence-electron chi connectivity index (χ3n) is 6.60. The first kappa shape index (κ1) is 24.7. The van der Waals surface area contributed by atoms with Gasteiger partial charge in [0.25, 0.3) is 0 Å². The summed E-state index contributed by atoms with van der Waals surface area (Å²) in [6, 6.07) is 9.98. The van der Waals surface area contributed by atoms with Crippen LogP contribution in [0.1, 0.15) is 43.1 Å². The van der Waals surface area contributed by atoms with Crippen LogP contribution in [0.5, 0.6) is 5.75 Å². The van der Waals surface area contributed by atoms with Gasteiger partial charge in [-0.2, -0.15) is 4.80 Å². The van der Waals surface area contributed by atoms with Gasteiger partial charge in [-0.25, -0.2) is 18.7 Å². The van der Waals surface area contributed by atoms with Gasteiger partial charge in [0.2, 0.25) is 5.95 Å². The average Bonchev–Trinajstić information content (AvgIpc) is 3.33. The van der Waals surface area contributed by atoms with Crippen molar-refractivity contribution in [1.82, 2.24) is 30.2 Å². The number of hydrogen-bond acceptors (Lipinski definition) is 7. The summed E-state index contributed by atoms with van der Waals surface area (Å²) in [5, 5.41) is 12.0. The molecule has 192 valence electrons. The second kappa shape index (κ2) is 11.0. The molecule has 0 aliphatic carbocycles. The highest BCUT2D eigenvalue weighted by molar-refractivity contribution is 5.65. The minimum Gasteiger partial charge on any atom is -0.485 e. The molecule has 8 nitrogen and oxygen atoms in total. The number of aryl methyl sites for hydroxylation is 2. The molecule has 1 unspecified atom stereocenters. The molecule has 0 N–H and O–H groups in total. The van der Waals surface area contributed by atoms with Crippen molar-refractivity contribution in [3.8, 4) is 16.9 Å². The number of anilines is 1. The number of hydrogen-bond donors (Lipinski definition) is 0. The molecule has 1 aliphatic heterocycles. The van der Waals surface area contributed by atoms with Gasteiger partial charge in [0.15, 0.2) is 23.2 Å². The molecular formula is C27H29F2N7O. The molecule has 1 saturated heterocycles. The molecule has 5 rings (SSSR count). The van der Waals surface area contributed by atoms with E-state index in [0.29, 0.717) is 29.3 Å². The van der Waals surface area contributed by atoms with Gasteiger partial charge in [-0.3, -0.25) is 0 Å². The standard InChI is InChI=1S/C27H29F2N7O/c1-3-18-15-30-27(31-16-18)36-11-5-4-6-22(36)17-37-26-23(28)13-21(14-24(26)29)20-9-7-19(8-10-20)12-25-32-34-35(2)33-25/h7-10,13-16,22H,3-6,11-12,17H2,1-2H3. The number of piperidine rings is 1. The fourth-order valence-electron chi connectivity index (χ4n) is 4.55. The van der Waals surface area contributed by atoms with Gasteiger partial charge >= 0.3 is 0 Å². The van der Waals surface area contributed by atoms with Crippen molar-refractivity contribution in [2.24, 2.45) is 7.05 Å². The van der Waals surface area contributed by atoms with Crippen molar-refractivity contribution in [1.29, 1.82) is 0 Å². The summed E-state index contributed by atoms with van der Waals surface area (Å²) in [4.78, 5) is 12.5. The van der Waals surface area contributed by atoms with Crippen molar-refractivity contribution in [3.63, 3.8) is 0 Å². The van der Waals surface area contributed by atoms with Gasteiger partial charge in [0, 0.05) is 25.4 Å². The Labute approximate surface area is 214 Å². The zero-order chi connectivity index (χ0) is 25.8. The van der Waals surface area contributed by atoms with E-state index in [0.717, 1.165) is 43.4 Å². The molecule has 37 heavy (non-hydrogen) atoms. The zero-order valence-electron chi connectivity index (χ0n) is 20.9. The minimum absolute atomic E-state index is 0.0592. The summed E-state index contributed by atoms with van der Waals surface area (Å²) in [7, 11) is 1.71. The first-order valence-electron chi connectivity index (χ1n) is 12.5. The Balaban J connectivity index is 1.27. The van der Waals surface area contributed by atoms with Gasteiger partial charge in [0.1, 0.15) is 6.61 Å². The Morgan fingerprint density at radius 2 is 1.70 bits per heavy atom. The van der Waals surface area contributed by atoms with E-state index in [-0.39, 0.29) is 18.4 Å². The van der Waals surface area contributed by atoms with E-state index in [1.807, 2.05) is 36.7 Å². The maximum Gasteiger partial charge on any atom is 0.225 e. The molecular weight excluding hydrogens is 476 g/mol. The van der Waals surface area contributed by atoms with E-state index in [4.69, 9.17) is 4.74 Å². The average molecular weight is 506 g/mol. The molecule has 1 aliphatic rings. The maximum atomic E-state index is 15.0. The summed E-state index contributed by atoms with van der Waals surface area (Å²) < 4.78 is 35.7. The van der Waals surface area contributed by atoms with Crippen LogP contribution in [0.2, 0.25) is 0 Å². The van der Waals surface area contributed by atoms with Crippen LogP contribution >= 0.6 is 0 Å². The lowest BCUT2D eigenvalue weighted by Gasteiger charge is -2.35. The Bertz CT molecular complexity index is 1320. The summed E-state index contributed by atoms with van der Waals surface area (Å²) in [6.45, 7) is 2.99. The molecule has 0 bridgehead atoms. The van der Waals surface area contributed by atoms with Crippen molar-refractivity contribution in [2.45, 2.75) is 45.1 Å². The van der Waals surface area contributed by atoms with Crippen molar-refractivity contribution in [3.05, 3.63) is 77.4 Å². The lowest BCUT2D eigenvalue weighted by molar-refractivity contribution is 0.239. The monoisotopic (exact) mass is 505 g/mol. The molecule has 4 aromatic rings. The molecule has 3 heterocycles. The molecule has 2 aromatic carbocycles. The Morgan fingerprint density at radius 1 is 0.973 bits per heavy atom. The highest BCUT2D eigenvalue weighted by Crippen LogP contribution is 2.30. The van der Waals surface area contributed by atoms with Crippen LogP contribution in [0, 0.1) is 11.6 Å². The van der Waals surface area contributed by atoms with Crippen LogP contribution in [0.3, 0.4) is 0 Å². The third-order valence-corrected chi connectivity index (χ3v) is 6.60. The quantitative estimate of drug-likeness (QED) is 0.348. The first-order chi connectivity index (χ1) is 18.0. The number of aromatic nitrogens is 6. The number of benzene rings is 2. The van der Waals surface area contributed by atoms with E-state index in [2.05, 4.69) is 37.2 Å². The first-order valence-corrected chi connectivity index (χ1v) is 12.5. The van der Waals surface area contributed by atoms with Gasteiger partial charge in [0.05, 0.1) is 13.1 Å².